The number of para-hydroxylation sites is 1. The van der Waals surface area contributed by atoms with E-state index in [1.807, 2.05) is 6.07 Å². The maximum Gasteiger partial charge on any atom is 0.0954 e. The highest BCUT2D eigenvalue weighted by molar-refractivity contribution is 7.18. The van der Waals surface area contributed by atoms with Crippen LogP contribution in [0, 0.1) is 11.3 Å². The predicted octanol–water partition coefficient (Wildman–Crippen LogP) is 3.50. The number of rotatable bonds is 4. The second-order valence-corrected chi connectivity index (χ2v) is 7.66. The Balaban J connectivity index is 1.80. The van der Waals surface area contributed by atoms with Crippen LogP contribution < -0.4 is 11.3 Å². The number of nitrogens with one attached hydrogen (secondary N) is 1. The molecule has 1 fully saturated rings. The Bertz CT molecular complexity index is 557. The van der Waals surface area contributed by atoms with Crippen LogP contribution in [0.1, 0.15) is 38.1 Å². The van der Waals surface area contributed by atoms with Crippen molar-refractivity contribution in [2.75, 3.05) is 0 Å². The molecule has 2 aromatic rings. The Morgan fingerprint density at radius 3 is 2.90 bits per heavy atom. The van der Waals surface area contributed by atoms with Crippen molar-refractivity contribution in [3.05, 3.63) is 29.3 Å². The topological polar surface area (TPSA) is 50.9 Å². The van der Waals surface area contributed by atoms with E-state index in [-0.39, 0.29) is 0 Å². The van der Waals surface area contributed by atoms with Gasteiger partial charge in [-0.1, -0.05) is 32.4 Å². The average molecular weight is 289 g/mol. The molecule has 1 aliphatic carbocycles. The van der Waals surface area contributed by atoms with Gasteiger partial charge in [0.2, 0.25) is 0 Å². The highest BCUT2D eigenvalue weighted by Gasteiger charge is 2.39. The lowest BCUT2D eigenvalue weighted by molar-refractivity contribution is 0.196. The van der Waals surface area contributed by atoms with Crippen molar-refractivity contribution in [1.29, 1.82) is 0 Å². The molecule has 0 radical (unpaired) electrons. The van der Waals surface area contributed by atoms with Crippen LogP contribution in [0.5, 0.6) is 0 Å². The number of nitrogens with zero attached hydrogens (tertiary/aromatic N) is 1. The molecule has 0 bridgehead atoms. The predicted molar refractivity (Wildman–Crippen MR) is 85.6 cm³/mol. The van der Waals surface area contributed by atoms with Crippen molar-refractivity contribution in [2.45, 2.75) is 45.6 Å². The fraction of sp³-hybridized carbons (Fsp3) is 0.562. The van der Waals surface area contributed by atoms with Gasteiger partial charge in [-0.15, -0.1) is 11.3 Å². The molecule has 0 aliphatic heterocycles. The molecule has 20 heavy (non-hydrogen) atoms. The first-order chi connectivity index (χ1) is 9.60. The van der Waals surface area contributed by atoms with E-state index in [9.17, 15) is 0 Å². The fourth-order valence-electron chi connectivity index (χ4n) is 3.61. The van der Waals surface area contributed by atoms with Gasteiger partial charge in [0.05, 0.1) is 15.2 Å². The number of benzene rings is 1. The van der Waals surface area contributed by atoms with Crippen LogP contribution in [-0.2, 0) is 6.42 Å². The van der Waals surface area contributed by atoms with Crippen LogP contribution in [-0.4, -0.2) is 11.0 Å². The Kier molecular flexibility index (Phi) is 3.80. The maximum absolute atomic E-state index is 5.84. The second kappa shape index (κ2) is 5.43. The van der Waals surface area contributed by atoms with Crippen molar-refractivity contribution >= 4 is 21.6 Å². The van der Waals surface area contributed by atoms with Crippen LogP contribution in [0.25, 0.3) is 10.2 Å². The van der Waals surface area contributed by atoms with E-state index < -0.39 is 0 Å². The van der Waals surface area contributed by atoms with Gasteiger partial charge in [0, 0.05) is 12.5 Å². The quantitative estimate of drug-likeness (QED) is 0.669. The number of aromatic nitrogens is 1. The number of hydrogen-bond donors (Lipinski definition) is 2. The van der Waals surface area contributed by atoms with Gasteiger partial charge >= 0.3 is 0 Å². The van der Waals surface area contributed by atoms with Crippen LogP contribution in [0.3, 0.4) is 0 Å². The summed E-state index contributed by atoms with van der Waals surface area (Å²) in [6.07, 6.45) is 4.82. The third-order valence-corrected chi connectivity index (χ3v) is 5.83. The first-order valence-corrected chi connectivity index (χ1v) is 8.22. The van der Waals surface area contributed by atoms with Gasteiger partial charge in [-0.3, -0.25) is 11.3 Å². The largest absolute Gasteiger partial charge is 0.271 e. The van der Waals surface area contributed by atoms with E-state index in [1.165, 1.54) is 29.0 Å². The highest BCUT2D eigenvalue weighted by Crippen LogP contribution is 2.45. The maximum atomic E-state index is 5.84. The lowest BCUT2D eigenvalue weighted by atomic mass is 9.77. The molecule has 2 atom stereocenters. The molecule has 0 amide bonds. The molecular weight excluding hydrogens is 266 g/mol. The Morgan fingerprint density at radius 2 is 2.25 bits per heavy atom. The van der Waals surface area contributed by atoms with Gasteiger partial charge < -0.3 is 0 Å². The van der Waals surface area contributed by atoms with Crippen molar-refractivity contribution < 1.29 is 0 Å². The van der Waals surface area contributed by atoms with Gasteiger partial charge in [-0.25, -0.2) is 4.98 Å². The molecule has 0 saturated heterocycles. The minimum atomic E-state index is 0.327. The van der Waals surface area contributed by atoms with Gasteiger partial charge in [0.15, 0.2) is 0 Å². The minimum Gasteiger partial charge on any atom is -0.271 e. The smallest absolute Gasteiger partial charge is 0.0954 e. The summed E-state index contributed by atoms with van der Waals surface area (Å²) in [6, 6.07) is 8.67. The van der Waals surface area contributed by atoms with E-state index in [0.717, 1.165) is 11.9 Å². The van der Waals surface area contributed by atoms with Gasteiger partial charge in [-0.05, 0) is 36.3 Å². The summed E-state index contributed by atoms with van der Waals surface area (Å²) >= 11 is 1.79. The molecule has 4 heteroatoms. The summed E-state index contributed by atoms with van der Waals surface area (Å²) in [4.78, 5) is 4.74. The van der Waals surface area contributed by atoms with Gasteiger partial charge in [-0.2, -0.15) is 0 Å². The zero-order valence-corrected chi connectivity index (χ0v) is 13.0. The molecule has 3 N–H and O–H groups in total. The summed E-state index contributed by atoms with van der Waals surface area (Å²) in [6.45, 7) is 4.74. The average Bonchev–Trinajstić information content (AvgIpc) is 2.98. The monoisotopic (exact) mass is 289 g/mol. The molecule has 0 spiro atoms. The summed E-state index contributed by atoms with van der Waals surface area (Å²) in [5.41, 5.74) is 4.55. The van der Waals surface area contributed by atoms with Gasteiger partial charge in [0.1, 0.15) is 0 Å². The fourth-order valence-corrected chi connectivity index (χ4v) is 4.64. The molecule has 108 valence electrons. The van der Waals surface area contributed by atoms with E-state index in [0.29, 0.717) is 17.4 Å². The number of thiazole rings is 1. The van der Waals surface area contributed by atoms with Crippen molar-refractivity contribution in [2.24, 2.45) is 17.2 Å². The summed E-state index contributed by atoms with van der Waals surface area (Å²) < 4.78 is 1.27. The number of fused-ring (bicyclic) bond motifs is 1. The number of hydrogen-bond acceptors (Lipinski definition) is 4. The first-order valence-electron chi connectivity index (χ1n) is 7.41. The van der Waals surface area contributed by atoms with Crippen molar-refractivity contribution in [1.82, 2.24) is 10.4 Å². The van der Waals surface area contributed by atoms with E-state index in [2.05, 4.69) is 37.5 Å². The minimum absolute atomic E-state index is 0.327. The Labute approximate surface area is 124 Å². The van der Waals surface area contributed by atoms with Crippen molar-refractivity contribution in [3.63, 3.8) is 0 Å². The zero-order valence-electron chi connectivity index (χ0n) is 12.2. The summed E-state index contributed by atoms with van der Waals surface area (Å²) in [5.74, 6) is 6.48. The normalized spacial score (nSPS) is 23.2. The van der Waals surface area contributed by atoms with E-state index >= 15 is 0 Å². The molecule has 1 saturated carbocycles. The van der Waals surface area contributed by atoms with Crippen LogP contribution >= 0.6 is 11.3 Å². The number of hydrazine groups is 1. The lowest BCUT2D eigenvalue weighted by Crippen LogP contribution is -2.45. The Morgan fingerprint density at radius 1 is 1.45 bits per heavy atom. The van der Waals surface area contributed by atoms with Crippen LogP contribution in [0.4, 0.5) is 0 Å². The lowest BCUT2D eigenvalue weighted by Gasteiger charge is -2.33. The van der Waals surface area contributed by atoms with Crippen LogP contribution in [0.15, 0.2) is 24.3 Å². The molecular formula is C16H23N3S. The summed E-state index contributed by atoms with van der Waals surface area (Å²) in [7, 11) is 0. The zero-order chi connectivity index (χ0) is 14.2. The SMILES string of the molecule is CC1(C)CCCC1C(Cc1nc2ccccc2s1)NN. The van der Waals surface area contributed by atoms with E-state index in [1.54, 1.807) is 11.3 Å². The molecule has 1 aromatic heterocycles. The molecule has 3 rings (SSSR count). The second-order valence-electron chi connectivity index (χ2n) is 6.54. The van der Waals surface area contributed by atoms with Gasteiger partial charge in [0.25, 0.3) is 0 Å². The standard InChI is InChI=1S/C16H23N3S/c1-16(2)9-5-6-11(16)13(19-17)10-15-18-12-7-3-4-8-14(12)20-15/h3-4,7-8,11,13,19H,5-6,9-10,17H2,1-2H3. The Hall–Kier alpha value is -0.970. The van der Waals surface area contributed by atoms with E-state index in [4.69, 9.17) is 10.8 Å². The molecule has 1 aliphatic rings. The third-order valence-electron chi connectivity index (χ3n) is 4.77. The third kappa shape index (κ3) is 2.60. The molecule has 1 aromatic carbocycles. The molecule has 3 nitrogen and oxygen atoms in total. The molecule has 1 heterocycles. The molecule has 2 unspecified atom stereocenters. The highest BCUT2D eigenvalue weighted by atomic mass is 32.1. The van der Waals surface area contributed by atoms with Crippen molar-refractivity contribution in [3.8, 4) is 0 Å². The summed E-state index contributed by atoms with van der Waals surface area (Å²) in [5, 5.41) is 1.19. The first kappa shape index (κ1) is 14.0. The number of nitrogens with two attached hydrogens (primary N) is 1. The van der Waals surface area contributed by atoms with Crippen LogP contribution in [0.2, 0.25) is 0 Å².